The lowest BCUT2D eigenvalue weighted by molar-refractivity contribution is 0.449. The smallest absolute Gasteiger partial charge is 0.178 e. The molecule has 124 valence electrons. The Kier molecular flexibility index (Phi) is 2.79. The van der Waals surface area contributed by atoms with Crippen molar-refractivity contribution in [1.29, 1.82) is 0 Å². The standard InChI is InChI=1S/C21H20N4/c1-14-8-4-6-10-16(14)24-18-19(23-13-12-22-18)25-17-11-7-5-9-15(17)21(2,3)20(24)25/h4-13,20H,1-3H3. The van der Waals surface area contributed by atoms with Crippen LogP contribution < -0.4 is 9.80 Å². The van der Waals surface area contributed by atoms with E-state index in [-0.39, 0.29) is 11.6 Å². The SMILES string of the molecule is Cc1ccccc1N1c2nccnc2N2c3ccccc3C(C)(C)C12. The summed E-state index contributed by atoms with van der Waals surface area (Å²) in [6.45, 7) is 6.78. The van der Waals surface area contributed by atoms with Crippen molar-refractivity contribution in [2.75, 3.05) is 9.80 Å². The van der Waals surface area contributed by atoms with Crippen molar-refractivity contribution < 1.29 is 0 Å². The first kappa shape index (κ1) is 14.5. The Balaban J connectivity index is 1.81. The maximum atomic E-state index is 4.70. The summed E-state index contributed by atoms with van der Waals surface area (Å²) >= 11 is 0. The van der Waals surface area contributed by atoms with Gasteiger partial charge in [0.15, 0.2) is 11.6 Å². The summed E-state index contributed by atoms with van der Waals surface area (Å²) in [6.07, 6.45) is 3.69. The van der Waals surface area contributed by atoms with Crippen molar-refractivity contribution in [1.82, 2.24) is 9.97 Å². The van der Waals surface area contributed by atoms with Crippen LogP contribution in [-0.4, -0.2) is 16.1 Å². The van der Waals surface area contributed by atoms with Gasteiger partial charge < -0.3 is 9.80 Å². The Labute approximate surface area is 147 Å². The maximum absolute atomic E-state index is 4.70. The maximum Gasteiger partial charge on any atom is 0.178 e. The number of rotatable bonds is 1. The van der Waals surface area contributed by atoms with Gasteiger partial charge in [-0.3, -0.25) is 0 Å². The Morgan fingerprint density at radius 3 is 2.04 bits per heavy atom. The van der Waals surface area contributed by atoms with Gasteiger partial charge in [0.25, 0.3) is 0 Å². The first-order chi connectivity index (χ1) is 12.1. The predicted molar refractivity (Wildman–Crippen MR) is 101 cm³/mol. The average molecular weight is 328 g/mol. The van der Waals surface area contributed by atoms with Crippen LogP contribution in [0.4, 0.5) is 23.0 Å². The van der Waals surface area contributed by atoms with E-state index >= 15 is 0 Å². The van der Waals surface area contributed by atoms with Crippen LogP contribution in [0.2, 0.25) is 0 Å². The van der Waals surface area contributed by atoms with E-state index in [1.165, 1.54) is 22.5 Å². The van der Waals surface area contributed by atoms with Crippen molar-refractivity contribution in [2.45, 2.75) is 32.4 Å². The van der Waals surface area contributed by atoms with E-state index in [0.29, 0.717) is 0 Å². The minimum absolute atomic E-state index is 0.0543. The first-order valence-electron chi connectivity index (χ1n) is 8.65. The Morgan fingerprint density at radius 1 is 0.800 bits per heavy atom. The number of aromatic nitrogens is 2. The van der Waals surface area contributed by atoms with Crippen molar-refractivity contribution in [3.63, 3.8) is 0 Å². The summed E-state index contributed by atoms with van der Waals surface area (Å²) < 4.78 is 0. The summed E-state index contributed by atoms with van der Waals surface area (Å²) in [4.78, 5) is 14.1. The van der Waals surface area contributed by atoms with Gasteiger partial charge in [-0.05, 0) is 30.2 Å². The van der Waals surface area contributed by atoms with Gasteiger partial charge in [0.05, 0.1) is 0 Å². The number of anilines is 4. The molecular formula is C21H20N4. The molecule has 4 heteroatoms. The fourth-order valence-corrected chi connectivity index (χ4v) is 4.35. The van der Waals surface area contributed by atoms with E-state index in [2.05, 4.69) is 79.1 Å². The molecular weight excluding hydrogens is 308 g/mol. The molecule has 0 bridgehead atoms. The minimum atomic E-state index is -0.0543. The van der Waals surface area contributed by atoms with E-state index in [1.54, 1.807) is 12.4 Å². The van der Waals surface area contributed by atoms with Gasteiger partial charge in [0.2, 0.25) is 0 Å². The first-order valence-corrected chi connectivity index (χ1v) is 8.65. The highest BCUT2D eigenvalue weighted by molar-refractivity contribution is 5.89. The van der Waals surface area contributed by atoms with Gasteiger partial charge in [-0.25, -0.2) is 9.97 Å². The van der Waals surface area contributed by atoms with Crippen molar-refractivity contribution in [3.8, 4) is 0 Å². The average Bonchev–Trinajstić information content (AvgIpc) is 3.08. The van der Waals surface area contributed by atoms with Crippen molar-refractivity contribution in [3.05, 3.63) is 72.1 Å². The molecule has 1 atom stereocenters. The van der Waals surface area contributed by atoms with Gasteiger partial charge in [0, 0.05) is 29.2 Å². The van der Waals surface area contributed by atoms with Crippen molar-refractivity contribution in [2.24, 2.45) is 0 Å². The number of fused-ring (bicyclic) bond motifs is 5. The lowest BCUT2D eigenvalue weighted by Crippen LogP contribution is -2.46. The predicted octanol–water partition coefficient (Wildman–Crippen LogP) is 4.69. The van der Waals surface area contributed by atoms with Crippen LogP contribution in [0.15, 0.2) is 60.9 Å². The summed E-state index contributed by atoms with van der Waals surface area (Å²) in [6, 6.07) is 17.2. The Morgan fingerprint density at radius 2 is 1.36 bits per heavy atom. The molecule has 0 saturated carbocycles. The molecule has 0 radical (unpaired) electrons. The molecule has 0 fully saturated rings. The van der Waals surface area contributed by atoms with Crippen LogP contribution in [0.5, 0.6) is 0 Å². The normalized spacial score (nSPS) is 19.6. The molecule has 0 aliphatic carbocycles. The van der Waals surface area contributed by atoms with Crippen LogP contribution >= 0.6 is 0 Å². The molecule has 0 N–H and O–H groups in total. The molecule has 25 heavy (non-hydrogen) atoms. The molecule has 0 saturated heterocycles. The highest BCUT2D eigenvalue weighted by Crippen LogP contribution is 2.57. The molecule has 1 aromatic heterocycles. The topological polar surface area (TPSA) is 32.3 Å². The quantitative estimate of drug-likeness (QED) is 0.648. The number of aryl methyl sites for hydroxylation is 1. The Bertz CT molecular complexity index is 979. The largest absolute Gasteiger partial charge is 0.301 e. The summed E-state index contributed by atoms with van der Waals surface area (Å²) in [5.41, 5.74) is 4.97. The number of nitrogens with zero attached hydrogens (tertiary/aromatic N) is 4. The second kappa shape index (κ2) is 4.82. The highest BCUT2D eigenvalue weighted by Gasteiger charge is 2.54. The van der Waals surface area contributed by atoms with Crippen LogP contribution in [0, 0.1) is 6.92 Å². The lowest BCUT2D eigenvalue weighted by Gasteiger charge is -2.36. The van der Waals surface area contributed by atoms with Crippen molar-refractivity contribution >= 4 is 23.0 Å². The van der Waals surface area contributed by atoms with Crippen LogP contribution in [0.1, 0.15) is 25.0 Å². The van der Waals surface area contributed by atoms with Crippen LogP contribution in [0.3, 0.4) is 0 Å². The summed E-state index contributed by atoms with van der Waals surface area (Å²) in [7, 11) is 0. The molecule has 3 aromatic rings. The molecule has 4 nitrogen and oxygen atoms in total. The van der Waals surface area contributed by atoms with Gasteiger partial charge in [0.1, 0.15) is 6.17 Å². The van der Waals surface area contributed by atoms with Gasteiger partial charge in [-0.1, -0.05) is 50.2 Å². The van der Waals surface area contributed by atoms with E-state index in [9.17, 15) is 0 Å². The second-order valence-corrected chi connectivity index (χ2v) is 7.34. The summed E-state index contributed by atoms with van der Waals surface area (Å²) in [5, 5.41) is 0. The number of benzene rings is 2. The molecule has 2 aromatic carbocycles. The highest BCUT2D eigenvalue weighted by atomic mass is 15.5. The molecule has 5 rings (SSSR count). The zero-order valence-corrected chi connectivity index (χ0v) is 14.6. The van der Waals surface area contributed by atoms with E-state index < -0.39 is 0 Å². The third kappa shape index (κ3) is 1.77. The van der Waals surface area contributed by atoms with Gasteiger partial charge in [-0.15, -0.1) is 0 Å². The van der Waals surface area contributed by atoms with E-state index in [1.807, 2.05) is 0 Å². The zero-order chi connectivity index (χ0) is 17.2. The number of hydrogen-bond donors (Lipinski definition) is 0. The molecule has 2 aliphatic rings. The fourth-order valence-electron chi connectivity index (χ4n) is 4.35. The van der Waals surface area contributed by atoms with Gasteiger partial charge in [-0.2, -0.15) is 0 Å². The monoisotopic (exact) mass is 328 g/mol. The second-order valence-electron chi connectivity index (χ2n) is 7.34. The number of para-hydroxylation sites is 2. The molecule has 0 spiro atoms. The molecule has 0 amide bonds. The zero-order valence-electron chi connectivity index (χ0n) is 14.6. The molecule has 1 unspecified atom stereocenters. The van der Waals surface area contributed by atoms with E-state index in [4.69, 9.17) is 9.97 Å². The number of hydrogen-bond acceptors (Lipinski definition) is 4. The lowest BCUT2D eigenvalue weighted by atomic mass is 9.83. The van der Waals surface area contributed by atoms with Crippen LogP contribution in [0.25, 0.3) is 0 Å². The van der Waals surface area contributed by atoms with E-state index in [0.717, 1.165) is 11.6 Å². The third-order valence-corrected chi connectivity index (χ3v) is 5.48. The van der Waals surface area contributed by atoms with Gasteiger partial charge >= 0.3 is 0 Å². The third-order valence-electron chi connectivity index (χ3n) is 5.48. The minimum Gasteiger partial charge on any atom is -0.301 e. The molecule has 3 heterocycles. The molecule has 2 aliphatic heterocycles. The Hall–Kier alpha value is -2.88. The summed E-state index contributed by atoms with van der Waals surface area (Å²) in [5.74, 6) is 1.87. The van der Waals surface area contributed by atoms with Crippen LogP contribution in [-0.2, 0) is 5.41 Å². The fraction of sp³-hybridized carbons (Fsp3) is 0.238.